The van der Waals surface area contributed by atoms with E-state index in [1.807, 2.05) is 44.2 Å². The van der Waals surface area contributed by atoms with Crippen molar-refractivity contribution in [2.45, 2.75) is 26.3 Å². The second-order valence-corrected chi connectivity index (χ2v) is 5.85. The number of hydrogen-bond donors (Lipinski definition) is 1. The van der Waals surface area contributed by atoms with Gasteiger partial charge in [0.05, 0.1) is 4.70 Å². The lowest BCUT2D eigenvalue weighted by atomic mass is 10.1. The molecule has 0 aliphatic carbocycles. The Balaban J connectivity index is 2.05. The molecule has 0 aliphatic rings. The van der Waals surface area contributed by atoms with Crippen LogP contribution >= 0.6 is 11.5 Å². The van der Waals surface area contributed by atoms with Crippen LogP contribution in [0, 0.1) is 0 Å². The summed E-state index contributed by atoms with van der Waals surface area (Å²) in [5, 5.41) is 7.42. The second-order valence-electron chi connectivity index (χ2n) is 5.09. The monoisotopic (exact) mass is 300 g/mol. The van der Waals surface area contributed by atoms with E-state index in [2.05, 4.69) is 9.59 Å². The first-order chi connectivity index (χ1) is 10.1. The van der Waals surface area contributed by atoms with Crippen molar-refractivity contribution in [3.8, 4) is 0 Å². The minimum absolute atomic E-state index is 0.0152. The zero-order valence-corrected chi connectivity index (χ0v) is 12.7. The van der Waals surface area contributed by atoms with E-state index in [4.69, 9.17) is 5.84 Å². The summed E-state index contributed by atoms with van der Waals surface area (Å²) in [6, 6.07) is 9.52. The maximum absolute atomic E-state index is 12.4. The van der Waals surface area contributed by atoms with Gasteiger partial charge in [0.15, 0.2) is 0 Å². The van der Waals surface area contributed by atoms with Gasteiger partial charge in [-0.1, -0.05) is 23.5 Å². The van der Waals surface area contributed by atoms with Gasteiger partial charge < -0.3 is 0 Å². The highest BCUT2D eigenvalue weighted by atomic mass is 32.1. The quantitative estimate of drug-likeness (QED) is 0.458. The van der Waals surface area contributed by atoms with E-state index in [1.54, 1.807) is 0 Å². The number of hydrogen-bond acceptors (Lipinski definition) is 5. The van der Waals surface area contributed by atoms with Crippen LogP contribution in [0.1, 0.15) is 30.6 Å². The number of aromatic nitrogens is 2. The molecule has 3 aromatic rings. The van der Waals surface area contributed by atoms with E-state index < -0.39 is 0 Å². The zero-order chi connectivity index (χ0) is 15.0. The van der Waals surface area contributed by atoms with Gasteiger partial charge in [-0.05, 0) is 48.5 Å². The van der Waals surface area contributed by atoms with Gasteiger partial charge in [0.25, 0.3) is 5.91 Å². The first-order valence-electron chi connectivity index (χ1n) is 6.85. The van der Waals surface area contributed by atoms with E-state index in [0.717, 1.165) is 27.4 Å². The predicted molar refractivity (Wildman–Crippen MR) is 85.0 cm³/mol. The normalized spacial score (nSPS) is 12.7. The number of nitrogens with two attached hydrogens (primary N) is 1. The van der Waals surface area contributed by atoms with Crippen LogP contribution in [0.15, 0.2) is 30.3 Å². The topological polar surface area (TPSA) is 72.1 Å². The second kappa shape index (κ2) is 5.38. The molecule has 108 valence electrons. The molecular formula is C15H16N4OS. The number of fused-ring (bicyclic) bond motifs is 3. The number of rotatable bonds is 3. The van der Waals surface area contributed by atoms with Crippen LogP contribution in [0.5, 0.6) is 0 Å². The number of hydrazine groups is 1. The molecule has 1 amide bonds. The first-order valence-corrected chi connectivity index (χ1v) is 7.62. The van der Waals surface area contributed by atoms with Gasteiger partial charge in [0.2, 0.25) is 0 Å². The first kappa shape index (κ1) is 13.9. The Morgan fingerprint density at radius 1 is 1.38 bits per heavy atom. The number of carbonyl (C=O) groups excluding carboxylic acids is 1. The number of amides is 1. The summed E-state index contributed by atoms with van der Waals surface area (Å²) in [4.78, 5) is 12.4. The smallest absolute Gasteiger partial charge is 0.268 e. The summed E-state index contributed by atoms with van der Waals surface area (Å²) >= 11 is 1.36. The van der Waals surface area contributed by atoms with Gasteiger partial charge in [-0.2, -0.15) is 0 Å². The van der Waals surface area contributed by atoms with Crippen molar-refractivity contribution in [3.05, 3.63) is 35.9 Å². The molecule has 21 heavy (non-hydrogen) atoms. The maximum atomic E-state index is 12.4. The fourth-order valence-corrected chi connectivity index (χ4v) is 2.95. The van der Waals surface area contributed by atoms with E-state index in [0.29, 0.717) is 5.56 Å². The van der Waals surface area contributed by atoms with Crippen molar-refractivity contribution in [1.29, 1.82) is 0 Å². The number of carbonyl (C=O) groups is 1. The van der Waals surface area contributed by atoms with Gasteiger partial charge in [-0.15, -0.1) is 5.10 Å². The molecule has 1 atom stereocenters. The van der Waals surface area contributed by atoms with Crippen LogP contribution in [-0.4, -0.2) is 26.5 Å². The van der Waals surface area contributed by atoms with Gasteiger partial charge in [0, 0.05) is 17.0 Å². The van der Waals surface area contributed by atoms with E-state index in [-0.39, 0.29) is 11.9 Å². The van der Waals surface area contributed by atoms with Crippen LogP contribution in [-0.2, 0) is 0 Å². The Morgan fingerprint density at radius 3 is 2.95 bits per heavy atom. The third-order valence-electron chi connectivity index (χ3n) is 3.78. The maximum Gasteiger partial charge on any atom is 0.268 e. The predicted octanol–water partition coefficient (Wildman–Crippen LogP) is 2.96. The van der Waals surface area contributed by atoms with E-state index in [1.165, 1.54) is 16.5 Å². The molecule has 1 heterocycles. The molecule has 0 radical (unpaired) electrons. The van der Waals surface area contributed by atoms with Gasteiger partial charge >= 0.3 is 0 Å². The van der Waals surface area contributed by atoms with Gasteiger partial charge in [0.1, 0.15) is 5.52 Å². The molecular weight excluding hydrogens is 284 g/mol. The third-order valence-corrected chi connectivity index (χ3v) is 4.55. The molecule has 1 unspecified atom stereocenters. The summed E-state index contributed by atoms with van der Waals surface area (Å²) in [6.45, 7) is 3.94. The Morgan fingerprint density at radius 2 is 2.19 bits per heavy atom. The highest BCUT2D eigenvalue weighted by Crippen LogP contribution is 2.27. The fraction of sp³-hybridized carbons (Fsp3) is 0.267. The van der Waals surface area contributed by atoms with Crippen molar-refractivity contribution in [2.24, 2.45) is 5.84 Å². The summed E-state index contributed by atoms with van der Waals surface area (Å²) in [7, 11) is 0. The minimum Gasteiger partial charge on any atom is -0.274 e. The minimum atomic E-state index is -0.159. The van der Waals surface area contributed by atoms with Crippen LogP contribution in [0.25, 0.3) is 21.0 Å². The van der Waals surface area contributed by atoms with Crippen molar-refractivity contribution < 1.29 is 4.79 Å². The Labute approximate surface area is 126 Å². The average molecular weight is 300 g/mol. The van der Waals surface area contributed by atoms with Crippen LogP contribution < -0.4 is 5.84 Å². The Hall–Kier alpha value is -2.05. The molecule has 0 bridgehead atoms. The largest absolute Gasteiger partial charge is 0.274 e. The molecule has 0 saturated carbocycles. The highest BCUT2D eigenvalue weighted by molar-refractivity contribution is 7.14. The average Bonchev–Trinajstić information content (AvgIpc) is 3.01. The summed E-state index contributed by atoms with van der Waals surface area (Å²) in [5.74, 6) is 5.73. The number of nitrogens with zero attached hydrogens (tertiary/aromatic N) is 3. The lowest BCUT2D eigenvalue weighted by Gasteiger charge is -2.23. The molecule has 5 nitrogen and oxygen atoms in total. The van der Waals surface area contributed by atoms with Crippen molar-refractivity contribution in [2.75, 3.05) is 0 Å². The van der Waals surface area contributed by atoms with Crippen LogP contribution in [0.4, 0.5) is 0 Å². The molecule has 0 fully saturated rings. The number of benzene rings is 2. The molecule has 2 aromatic carbocycles. The summed E-state index contributed by atoms with van der Waals surface area (Å²) in [6.07, 6.45) is 0.822. The molecule has 3 rings (SSSR count). The lowest BCUT2D eigenvalue weighted by Crippen LogP contribution is -2.43. The van der Waals surface area contributed by atoms with E-state index in [9.17, 15) is 4.79 Å². The summed E-state index contributed by atoms with van der Waals surface area (Å²) < 4.78 is 5.01. The summed E-state index contributed by atoms with van der Waals surface area (Å²) in [5.41, 5.74) is 1.48. The highest BCUT2D eigenvalue weighted by Gasteiger charge is 2.17. The molecule has 0 spiro atoms. The Bertz CT molecular complexity index is 814. The van der Waals surface area contributed by atoms with Crippen LogP contribution in [0.2, 0.25) is 0 Å². The SMILES string of the molecule is CCC(C)N(N)C(=O)c1ccc2c(ccc3nnsc32)c1. The third kappa shape index (κ3) is 2.36. The van der Waals surface area contributed by atoms with Gasteiger partial charge in [-0.3, -0.25) is 9.80 Å². The van der Waals surface area contributed by atoms with E-state index >= 15 is 0 Å². The standard InChI is InChI=1S/C15H16N4OS/c1-3-9(2)19(16)15(20)11-4-6-12-10(8-11)5-7-13-14(12)21-18-17-13/h4-9H,3,16H2,1-2H3. The van der Waals surface area contributed by atoms with Crippen LogP contribution in [0.3, 0.4) is 0 Å². The molecule has 0 saturated heterocycles. The fourth-order valence-electron chi connectivity index (χ4n) is 2.25. The van der Waals surface area contributed by atoms with Crippen molar-refractivity contribution in [1.82, 2.24) is 14.6 Å². The lowest BCUT2D eigenvalue weighted by molar-refractivity contribution is 0.0688. The molecule has 6 heteroatoms. The zero-order valence-electron chi connectivity index (χ0n) is 11.9. The van der Waals surface area contributed by atoms with Crippen molar-refractivity contribution >= 4 is 38.4 Å². The molecule has 0 aliphatic heterocycles. The van der Waals surface area contributed by atoms with Crippen molar-refractivity contribution in [3.63, 3.8) is 0 Å². The molecule has 2 N–H and O–H groups in total. The molecule has 1 aromatic heterocycles. The van der Waals surface area contributed by atoms with Gasteiger partial charge in [-0.25, -0.2) is 5.84 Å². The Kier molecular flexibility index (Phi) is 3.57.